The number of halogens is 5. The lowest BCUT2D eigenvalue weighted by Crippen LogP contribution is -2.40. The normalized spacial score (nSPS) is 15.2. The van der Waals surface area contributed by atoms with Gasteiger partial charge in [0.25, 0.3) is 0 Å². The van der Waals surface area contributed by atoms with Crippen LogP contribution in [0.1, 0.15) is 16.8 Å². The molecule has 2 aromatic carbocycles. The van der Waals surface area contributed by atoms with Gasteiger partial charge in [-0.2, -0.15) is 23.5 Å². The third kappa shape index (κ3) is 6.26. The van der Waals surface area contributed by atoms with Crippen LogP contribution < -0.4 is 16.4 Å². The number of carbonyl (C=O) groups excluding carboxylic acids is 1. The summed E-state index contributed by atoms with van der Waals surface area (Å²) in [5.74, 6) is -2.10. The maximum absolute atomic E-state index is 15.3. The van der Waals surface area contributed by atoms with Crippen molar-refractivity contribution in [3.05, 3.63) is 71.2 Å². The molecule has 44 heavy (non-hydrogen) atoms. The van der Waals surface area contributed by atoms with Crippen LogP contribution in [0, 0.1) is 23.0 Å². The number of rotatable bonds is 6. The van der Waals surface area contributed by atoms with E-state index < -0.39 is 44.9 Å². The van der Waals surface area contributed by atoms with E-state index in [1.165, 1.54) is 23.0 Å². The number of amides is 2. The van der Waals surface area contributed by atoms with Gasteiger partial charge in [-0.05, 0) is 41.5 Å². The summed E-state index contributed by atoms with van der Waals surface area (Å²) in [5, 5.41) is 18.0. The van der Waals surface area contributed by atoms with Crippen molar-refractivity contribution < 1.29 is 35.2 Å². The lowest BCUT2D eigenvalue weighted by Gasteiger charge is -2.26. The number of alkyl halides is 3. The number of fused-ring (bicyclic) bond motifs is 1. The first-order valence-corrected chi connectivity index (χ1v) is 14.8. The van der Waals surface area contributed by atoms with E-state index in [0.29, 0.717) is 35.0 Å². The second kappa shape index (κ2) is 11.7. The SMILES string of the molecule is N#CCc1c(-c2ccc(NC(=O)Nc3cc(C(F)(F)F)ccc3F)c(F)c2)c2c(N)ncnn2c1CN1CCS(=O)(=O)CC1. The fourth-order valence-electron chi connectivity index (χ4n) is 4.93. The molecule has 1 saturated heterocycles. The number of sulfone groups is 1. The van der Waals surface area contributed by atoms with Crippen molar-refractivity contribution in [3.8, 4) is 17.2 Å². The minimum atomic E-state index is -4.78. The number of carbonyl (C=O) groups is 1. The van der Waals surface area contributed by atoms with Crippen molar-refractivity contribution in [1.82, 2.24) is 19.5 Å². The Morgan fingerprint density at radius 2 is 1.75 bits per heavy atom. The van der Waals surface area contributed by atoms with Crippen molar-refractivity contribution >= 4 is 38.6 Å². The Kier molecular flexibility index (Phi) is 8.14. The molecule has 11 nitrogen and oxygen atoms in total. The molecule has 3 heterocycles. The number of urea groups is 1. The molecule has 1 aliphatic rings. The number of nitrogens with zero attached hydrogens (tertiary/aromatic N) is 5. The predicted molar refractivity (Wildman–Crippen MR) is 150 cm³/mol. The predicted octanol–water partition coefficient (Wildman–Crippen LogP) is 4.22. The van der Waals surface area contributed by atoms with Crippen LogP contribution in [0.4, 0.5) is 43.9 Å². The summed E-state index contributed by atoms with van der Waals surface area (Å²) in [6.45, 7) is 0.746. The topological polar surface area (TPSA) is 159 Å². The third-order valence-corrected chi connectivity index (χ3v) is 8.68. The molecule has 2 amide bonds. The number of aromatic nitrogens is 3. The first-order chi connectivity index (χ1) is 20.8. The van der Waals surface area contributed by atoms with Crippen LogP contribution in [0.3, 0.4) is 0 Å². The summed E-state index contributed by atoms with van der Waals surface area (Å²) in [7, 11) is -3.15. The molecular formula is C27H23F5N8O3S. The molecule has 1 aliphatic heterocycles. The van der Waals surface area contributed by atoms with E-state index in [2.05, 4.69) is 21.5 Å². The van der Waals surface area contributed by atoms with Crippen LogP contribution in [0.25, 0.3) is 16.6 Å². The number of hydrogen-bond donors (Lipinski definition) is 3. The molecule has 230 valence electrons. The average Bonchev–Trinajstić information content (AvgIpc) is 3.25. The Hall–Kier alpha value is -4.82. The summed E-state index contributed by atoms with van der Waals surface area (Å²) in [6, 6.07) is 6.02. The second-order valence-electron chi connectivity index (χ2n) is 9.93. The van der Waals surface area contributed by atoms with E-state index in [1.54, 1.807) is 0 Å². The van der Waals surface area contributed by atoms with E-state index in [4.69, 9.17) is 5.73 Å². The van der Waals surface area contributed by atoms with Crippen LogP contribution in [-0.4, -0.2) is 58.5 Å². The Labute approximate surface area is 247 Å². The van der Waals surface area contributed by atoms with Gasteiger partial charge in [0.1, 0.15) is 23.5 Å². The zero-order chi connectivity index (χ0) is 31.8. The van der Waals surface area contributed by atoms with Crippen LogP contribution in [0.5, 0.6) is 0 Å². The van der Waals surface area contributed by atoms with E-state index in [-0.39, 0.29) is 60.1 Å². The van der Waals surface area contributed by atoms with Crippen LogP contribution >= 0.6 is 0 Å². The zero-order valence-electron chi connectivity index (χ0n) is 22.6. The first-order valence-electron chi connectivity index (χ1n) is 12.9. The minimum Gasteiger partial charge on any atom is -0.382 e. The largest absolute Gasteiger partial charge is 0.416 e. The number of nitrogens with two attached hydrogens (primary N) is 1. The van der Waals surface area contributed by atoms with Gasteiger partial charge in [-0.3, -0.25) is 4.90 Å². The highest BCUT2D eigenvalue weighted by molar-refractivity contribution is 7.91. The van der Waals surface area contributed by atoms with Gasteiger partial charge in [0.2, 0.25) is 0 Å². The number of anilines is 3. The van der Waals surface area contributed by atoms with Gasteiger partial charge < -0.3 is 16.4 Å². The summed E-state index contributed by atoms with van der Waals surface area (Å²) in [4.78, 5) is 18.4. The third-order valence-electron chi connectivity index (χ3n) is 7.08. The van der Waals surface area contributed by atoms with E-state index in [9.17, 15) is 36.0 Å². The van der Waals surface area contributed by atoms with Gasteiger partial charge in [0.15, 0.2) is 15.7 Å². The van der Waals surface area contributed by atoms with Crippen molar-refractivity contribution in [3.63, 3.8) is 0 Å². The first kappa shape index (κ1) is 30.6. The molecule has 17 heteroatoms. The number of benzene rings is 2. The van der Waals surface area contributed by atoms with Crippen molar-refractivity contribution in [2.75, 3.05) is 41.0 Å². The molecule has 4 aromatic rings. The Morgan fingerprint density at radius 1 is 1.05 bits per heavy atom. The summed E-state index contributed by atoms with van der Waals surface area (Å²) >= 11 is 0. The second-order valence-corrected chi connectivity index (χ2v) is 12.2. The van der Waals surface area contributed by atoms with Gasteiger partial charge in [0, 0.05) is 25.2 Å². The average molecular weight is 635 g/mol. The molecule has 5 rings (SSSR count). The Balaban J connectivity index is 1.47. The van der Waals surface area contributed by atoms with Gasteiger partial charge in [-0.1, -0.05) is 6.07 Å². The molecule has 0 spiro atoms. The molecule has 0 atom stereocenters. The molecule has 0 saturated carbocycles. The molecule has 2 aromatic heterocycles. The number of nitrogen functional groups attached to an aromatic ring is 1. The quantitative estimate of drug-likeness (QED) is 0.266. The molecule has 1 fully saturated rings. The highest BCUT2D eigenvalue weighted by atomic mass is 32.2. The standard InChI is InChI=1S/C27H23F5N8O3S/c28-18-3-2-16(27(30,31)32)12-21(18)38-26(41)37-20-4-1-15(11-19(20)29)23-17(5-6-33)22(40-24(23)25(34)35-14-36-40)13-39-7-9-44(42,43)10-8-39/h1-4,11-12,14H,5,7-10,13H2,(H2,34,35,36)(H2,37,38,41). The molecule has 0 radical (unpaired) electrons. The maximum Gasteiger partial charge on any atom is 0.416 e. The van der Waals surface area contributed by atoms with Crippen molar-refractivity contribution in [2.45, 2.75) is 19.1 Å². The molecular weight excluding hydrogens is 611 g/mol. The van der Waals surface area contributed by atoms with E-state index in [1.807, 2.05) is 10.2 Å². The monoisotopic (exact) mass is 634 g/mol. The molecule has 0 unspecified atom stereocenters. The van der Waals surface area contributed by atoms with Crippen LogP contribution in [0.15, 0.2) is 42.7 Å². The lowest BCUT2D eigenvalue weighted by atomic mass is 9.98. The fraction of sp³-hybridized carbons (Fsp3) is 0.259. The Morgan fingerprint density at radius 3 is 2.41 bits per heavy atom. The number of nitrogens with one attached hydrogen (secondary N) is 2. The van der Waals surface area contributed by atoms with Gasteiger partial charge in [-0.15, -0.1) is 0 Å². The maximum atomic E-state index is 15.3. The van der Waals surface area contributed by atoms with Gasteiger partial charge in [-0.25, -0.2) is 31.5 Å². The smallest absolute Gasteiger partial charge is 0.382 e. The van der Waals surface area contributed by atoms with Gasteiger partial charge in [0.05, 0.1) is 46.6 Å². The number of nitriles is 1. The van der Waals surface area contributed by atoms with Crippen LogP contribution in [-0.2, 0) is 29.0 Å². The minimum absolute atomic E-state index is 0.0263. The van der Waals surface area contributed by atoms with Crippen LogP contribution in [0.2, 0.25) is 0 Å². The molecule has 0 bridgehead atoms. The van der Waals surface area contributed by atoms with E-state index in [0.717, 1.165) is 6.07 Å². The summed E-state index contributed by atoms with van der Waals surface area (Å²) in [5.41, 5.74) is 5.75. The van der Waals surface area contributed by atoms with E-state index >= 15 is 4.39 Å². The van der Waals surface area contributed by atoms with Gasteiger partial charge >= 0.3 is 12.2 Å². The Bertz CT molecular complexity index is 1910. The highest BCUT2D eigenvalue weighted by Crippen LogP contribution is 2.38. The molecule has 4 N–H and O–H groups in total. The lowest BCUT2D eigenvalue weighted by molar-refractivity contribution is -0.137. The summed E-state index contributed by atoms with van der Waals surface area (Å²) < 4.78 is 93.7. The fourth-order valence-corrected chi connectivity index (χ4v) is 6.21. The number of hydrogen-bond acceptors (Lipinski definition) is 8. The molecule has 0 aliphatic carbocycles. The van der Waals surface area contributed by atoms with Crippen molar-refractivity contribution in [1.29, 1.82) is 5.26 Å². The zero-order valence-corrected chi connectivity index (χ0v) is 23.4. The van der Waals surface area contributed by atoms with Crippen molar-refractivity contribution in [2.24, 2.45) is 0 Å². The highest BCUT2D eigenvalue weighted by Gasteiger charge is 2.31. The summed E-state index contributed by atoms with van der Waals surface area (Å²) in [6.07, 6.45) is -3.70.